The molecule has 2 amide bonds. The van der Waals surface area contributed by atoms with E-state index >= 15 is 0 Å². The Kier molecular flexibility index (Phi) is 5.43. The highest BCUT2D eigenvalue weighted by Gasteiger charge is 2.21. The van der Waals surface area contributed by atoms with Gasteiger partial charge < -0.3 is 14.7 Å². The first kappa shape index (κ1) is 16.4. The molecule has 0 saturated carbocycles. The maximum absolute atomic E-state index is 12.2. The second kappa shape index (κ2) is 7.92. The van der Waals surface area contributed by atoms with E-state index in [-0.39, 0.29) is 6.03 Å². The molecule has 1 N–H and O–H groups in total. The molecule has 0 unspecified atom stereocenters. The number of nitrogens with zero attached hydrogens (tertiary/aromatic N) is 4. The normalized spacial score (nSPS) is 15.5. The Bertz CT molecular complexity index is 634. The molecule has 128 valence electrons. The topological polar surface area (TPSA) is 74.5 Å². The summed E-state index contributed by atoms with van der Waals surface area (Å²) in [5.74, 6) is 0. The van der Waals surface area contributed by atoms with Gasteiger partial charge in [0.15, 0.2) is 0 Å². The number of aryl methyl sites for hydroxylation is 1. The van der Waals surface area contributed by atoms with Gasteiger partial charge in [-0.15, -0.1) is 0 Å². The van der Waals surface area contributed by atoms with Crippen molar-refractivity contribution >= 4 is 6.03 Å². The minimum Gasteiger partial charge on any atom is -0.364 e. The van der Waals surface area contributed by atoms with Crippen molar-refractivity contribution in [2.45, 2.75) is 19.9 Å². The number of carbonyl (C=O) groups is 1. The summed E-state index contributed by atoms with van der Waals surface area (Å²) in [5, 5.41) is 6.91. The molecule has 0 radical (unpaired) electrons. The van der Waals surface area contributed by atoms with E-state index in [0.29, 0.717) is 6.54 Å². The summed E-state index contributed by atoms with van der Waals surface area (Å²) in [6.07, 6.45) is 4.25. The molecule has 24 heavy (non-hydrogen) atoms. The SMILES string of the molecule is Cc1ccc(CCNC(=O)N2CCN(Cc3ccon3)CC2)cn1. The highest BCUT2D eigenvalue weighted by atomic mass is 16.5. The zero-order valence-corrected chi connectivity index (χ0v) is 13.9. The molecule has 1 saturated heterocycles. The van der Waals surface area contributed by atoms with Gasteiger partial charge in [0.05, 0.1) is 5.69 Å². The summed E-state index contributed by atoms with van der Waals surface area (Å²) in [7, 11) is 0. The standard InChI is InChI=1S/C17H23N5O2/c1-14-2-3-15(12-19-14)4-6-18-17(23)22-9-7-21(8-10-22)13-16-5-11-24-20-16/h2-3,5,11-12H,4,6-10,13H2,1H3,(H,18,23). The molecule has 0 atom stereocenters. The van der Waals surface area contributed by atoms with Gasteiger partial charge in [0.25, 0.3) is 0 Å². The third-order valence-electron chi connectivity index (χ3n) is 4.20. The van der Waals surface area contributed by atoms with Crippen LogP contribution >= 0.6 is 0 Å². The minimum absolute atomic E-state index is 0.0103. The Morgan fingerprint density at radius 2 is 2.08 bits per heavy atom. The van der Waals surface area contributed by atoms with E-state index in [2.05, 4.69) is 26.4 Å². The second-order valence-corrected chi connectivity index (χ2v) is 6.04. The number of hydrogen-bond acceptors (Lipinski definition) is 5. The van der Waals surface area contributed by atoms with E-state index < -0.39 is 0 Å². The third kappa shape index (κ3) is 4.55. The lowest BCUT2D eigenvalue weighted by Crippen LogP contribution is -2.51. The number of carbonyl (C=O) groups excluding carboxylic acids is 1. The number of piperazine rings is 1. The van der Waals surface area contributed by atoms with Crippen LogP contribution in [0.1, 0.15) is 17.0 Å². The fourth-order valence-electron chi connectivity index (χ4n) is 2.73. The van der Waals surface area contributed by atoms with Crippen molar-refractivity contribution in [3.8, 4) is 0 Å². The number of nitrogens with one attached hydrogen (secondary N) is 1. The largest absolute Gasteiger partial charge is 0.364 e. The number of pyridine rings is 1. The van der Waals surface area contributed by atoms with Crippen molar-refractivity contribution in [1.29, 1.82) is 0 Å². The molecule has 1 fully saturated rings. The van der Waals surface area contributed by atoms with E-state index in [4.69, 9.17) is 4.52 Å². The Labute approximate surface area is 141 Å². The van der Waals surface area contributed by atoms with E-state index in [1.807, 2.05) is 30.2 Å². The molecular formula is C17H23N5O2. The number of urea groups is 1. The molecule has 7 nitrogen and oxygen atoms in total. The van der Waals surface area contributed by atoms with Gasteiger partial charge >= 0.3 is 6.03 Å². The molecule has 7 heteroatoms. The first-order chi connectivity index (χ1) is 11.7. The van der Waals surface area contributed by atoms with Crippen LogP contribution in [-0.4, -0.2) is 58.7 Å². The Morgan fingerprint density at radius 1 is 1.25 bits per heavy atom. The summed E-state index contributed by atoms with van der Waals surface area (Å²) >= 11 is 0. The highest BCUT2D eigenvalue weighted by Crippen LogP contribution is 2.07. The predicted molar refractivity (Wildman–Crippen MR) is 89.4 cm³/mol. The van der Waals surface area contributed by atoms with Crippen LogP contribution in [0.25, 0.3) is 0 Å². The lowest BCUT2D eigenvalue weighted by molar-refractivity contribution is 0.133. The maximum atomic E-state index is 12.2. The molecule has 2 aromatic heterocycles. The lowest BCUT2D eigenvalue weighted by Gasteiger charge is -2.34. The molecule has 3 heterocycles. The number of rotatable bonds is 5. The molecule has 0 bridgehead atoms. The van der Waals surface area contributed by atoms with Gasteiger partial charge in [-0.2, -0.15) is 0 Å². The second-order valence-electron chi connectivity index (χ2n) is 6.04. The van der Waals surface area contributed by atoms with Crippen LogP contribution in [0.5, 0.6) is 0 Å². The van der Waals surface area contributed by atoms with Gasteiger partial charge in [-0.05, 0) is 25.0 Å². The van der Waals surface area contributed by atoms with E-state index in [1.165, 1.54) is 0 Å². The van der Waals surface area contributed by atoms with E-state index in [0.717, 1.165) is 56.1 Å². The highest BCUT2D eigenvalue weighted by molar-refractivity contribution is 5.74. The lowest BCUT2D eigenvalue weighted by atomic mass is 10.2. The smallest absolute Gasteiger partial charge is 0.317 e. The van der Waals surface area contributed by atoms with Gasteiger partial charge in [-0.25, -0.2) is 4.79 Å². The summed E-state index contributed by atoms with van der Waals surface area (Å²) in [5.41, 5.74) is 3.07. The van der Waals surface area contributed by atoms with Gasteiger partial charge in [0.1, 0.15) is 6.26 Å². The van der Waals surface area contributed by atoms with Gasteiger partial charge in [-0.1, -0.05) is 11.2 Å². The van der Waals surface area contributed by atoms with Crippen molar-refractivity contribution in [2.75, 3.05) is 32.7 Å². The van der Waals surface area contributed by atoms with Crippen LogP contribution in [-0.2, 0) is 13.0 Å². The minimum atomic E-state index is 0.0103. The molecule has 2 aromatic rings. The summed E-state index contributed by atoms with van der Waals surface area (Å²) in [6, 6.07) is 5.93. The average molecular weight is 329 g/mol. The van der Waals surface area contributed by atoms with Crippen LogP contribution < -0.4 is 5.32 Å². The molecule has 0 aliphatic carbocycles. The van der Waals surface area contributed by atoms with Gasteiger partial charge in [-0.3, -0.25) is 9.88 Å². The molecular weight excluding hydrogens is 306 g/mol. The van der Waals surface area contributed by atoms with Gasteiger partial charge in [0, 0.05) is 57.2 Å². The summed E-state index contributed by atoms with van der Waals surface area (Å²) < 4.78 is 4.85. The number of aromatic nitrogens is 2. The summed E-state index contributed by atoms with van der Waals surface area (Å²) in [6.45, 7) is 6.53. The number of hydrogen-bond donors (Lipinski definition) is 1. The molecule has 1 aliphatic rings. The van der Waals surface area contributed by atoms with Gasteiger partial charge in [0.2, 0.25) is 0 Å². The van der Waals surface area contributed by atoms with Crippen LogP contribution in [0, 0.1) is 6.92 Å². The van der Waals surface area contributed by atoms with Crippen LogP contribution in [0.15, 0.2) is 35.2 Å². The van der Waals surface area contributed by atoms with Crippen LogP contribution in [0.4, 0.5) is 4.79 Å². The Hall–Kier alpha value is -2.41. The first-order valence-corrected chi connectivity index (χ1v) is 8.26. The average Bonchev–Trinajstić information content (AvgIpc) is 3.10. The number of amides is 2. The molecule has 0 aromatic carbocycles. The fourth-order valence-corrected chi connectivity index (χ4v) is 2.73. The van der Waals surface area contributed by atoms with E-state index in [1.54, 1.807) is 6.26 Å². The third-order valence-corrected chi connectivity index (χ3v) is 4.20. The van der Waals surface area contributed by atoms with Crippen molar-refractivity contribution in [1.82, 2.24) is 25.3 Å². The van der Waals surface area contributed by atoms with Crippen molar-refractivity contribution in [3.05, 3.63) is 47.6 Å². The van der Waals surface area contributed by atoms with Crippen LogP contribution in [0.3, 0.4) is 0 Å². The Morgan fingerprint density at radius 3 is 2.75 bits per heavy atom. The van der Waals surface area contributed by atoms with Crippen molar-refractivity contribution in [3.63, 3.8) is 0 Å². The molecule has 3 rings (SSSR count). The Balaban J connectivity index is 1.36. The predicted octanol–water partition coefficient (Wildman–Crippen LogP) is 1.45. The zero-order chi connectivity index (χ0) is 16.8. The maximum Gasteiger partial charge on any atom is 0.317 e. The monoisotopic (exact) mass is 329 g/mol. The quantitative estimate of drug-likeness (QED) is 0.899. The molecule has 1 aliphatic heterocycles. The first-order valence-electron chi connectivity index (χ1n) is 8.26. The summed E-state index contributed by atoms with van der Waals surface area (Å²) in [4.78, 5) is 20.6. The zero-order valence-electron chi connectivity index (χ0n) is 13.9. The van der Waals surface area contributed by atoms with Crippen molar-refractivity contribution in [2.24, 2.45) is 0 Å². The van der Waals surface area contributed by atoms with Crippen molar-refractivity contribution < 1.29 is 9.32 Å². The molecule has 0 spiro atoms. The van der Waals surface area contributed by atoms with E-state index in [9.17, 15) is 4.79 Å². The van der Waals surface area contributed by atoms with Crippen LogP contribution in [0.2, 0.25) is 0 Å². The fraction of sp³-hybridized carbons (Fsp3) is 0.471.